The maximum Gasteiger partial charge on any atom is 0.348 e. The lowest BCUT2D eigenvalue weighted by molar-refractivity contribution is 0.0703. The highest BCUT2D eigenvalue weighted by Crippen LogP contribution is 2.35. The molecule has 2 N–H and O–H groups in total. The number of aromatic carboxylic acids is 1. The van der Waals surface area contributed by atoms with Crippen LogP contribution < -0.4 is 4.72 Å². The van der Waals surface area contributed by atoms with E-state index < -0.39 is 16.0 Å². The standard InChI is InChI=1S/C9H5Cl2NO4S3/c10-6-3-5(8(11)18-6)19(15,16)12-4-1-2-17-7(4)9(13)14/h1-3,12H,(H,13,14). The predicted molar refractivity (Wildman–Crippen MR) is 76.4 cm³/mol. The van der Waals surface area contributed by atoms with Crippen molar-refractivity contribution in [3.63, 3.8) is 0 Å². The average molecular weight is 358 g/mol. The van der Waals surface area contributed by atoms with Gasteiger partial charge in [0.1, 0.15) is 14.1 Å². The molecule has 0 saturated carbocycles. The van der Waals surface area contributed by atoms with Crippen LogP contribution in [0.4, 0.5) is 5.69 Å². The van der Waals surface area contributed by atoms with Gasteiger partial charge in [0.05, 0.1) is 10.0 Å². The van der Waals surface area contributed by atoms with E-state index in [0.717, 1.165) is 22.7 Å². The van der Waals surface area contributed by atoms with Crippen molar-refractivity contribution in [3.8, 4) is 0 Å². The van der Waals surface area contributed by atoms with Crippen LogP contribution in [0.5, 0.6) is 0 Å². The second-order valence-electron chi connectivity index (χ2n) is 3.26. The molecule has 0 aliphatic rings. The number of anilines is 1. The van der Waals surface area contributed by atoms with Gasteiger partial charge in [0, 0.05) is 0 Å². The lowest BCUT2D eigenvalue weighted by atomic mass is 10.4. The van der Waals surface area contributed by atoms with Crippen LogP contribution in [-0.4, -0.2) is 19.5 Å². The quantitative estimate of drug-likeness (QED) is 0.875. The van der Waals surface area contributed by atoms with Crippen LogP contribution in [0.15, 0.2) is 22.4 Å². The minimum Gasteiger partial charge on any atom is -0.477 e. The minimum absolute atomic E-state index is 0.00381. The predicted octanol–water partition coefficient (Wildman–Crippen LogP) is 3.62. The highest BCUT2D eigenvalue weighted by atomic mass is 35.5. The van der Waals surface area contributed by atoms with Crippen molar-refractivity contribution < 1.29 is 18.3 Å². The smallest absolute Gasteiger partial charge is 0.348 e. The monoisotopic (exact) mass is 357 g/mol. The summed E-state index contributed by atoms with van der Waals surface area (Å²) in [4.78, 5) is 10.6. The van der Waals surface area contributed by atoms with Gasteiger partial charge in [-0.05, 0) is 17.5 Å². The number of nitrogens with one attached hydrogen (secondary N) is 1. The summed E-state index contributed by atoms with van der Waals surface area (Å²) in [6.07, 6.45) is 0. The molecule has 2 aromatic heterocycles. The highest BCUT2D eigenvalue weighted by molar-refractivity contribution is 7.93. The summed E-state index contributed by atoms with van der Waals surface area (Å²) in [7, 11) is -3.96. The molecule has 2 heterocycles. The van der Waals surface area contributed by atoms with Gasteiger partial charge >= 0.3 is 5.97 Å². The Morgan fingerprint density at radius 3 is 2.58 bits per heavy atom. The van der Waals surface area contributed by atoms with E-state index in [1.807, 2.05) is 0 Å². The van der Waals surface area contributed by atoms with Crippen molar-refractivity contribution in [2.24, 2.45) is 0 Å². The van der Waals surface area contributed by atoms with E-state index in [1.54, 1.807) is 0 Å². The van der Waals surface area contributed by atoms with Crippen LogP contribution in [0, 0.1) is 0 Å². The maximum absolute atomic E-state index is 12.1. The van der Waals surface area contributed by atoms with E-state index in [2.05, 4.69) is 4.72 Å². The van der Waals surface area contributed by atoms with E-state index in [4.69, 9.17) is 28.3 Å². The molecule has 0 atom stereocenters. The molecule has 0 spiro atoms. The van der Waals surface area contributed by atoms with Crippen molar-refractivity contribution in [1.29, 1.82) is 0 Å². The van der Waals surface area contributed by atoms with E-state index >= 15 is 0 Å². The fraction of sp³-hybridized carbons (Fsp3) is 0. The van der Waals surface area contributed by atoms with Gasteiger partial charge in [-0.25, -0.2) is 13.2 Å². The zero-order chi connectivity index (χ0) is 14.2. The first kappa shape index (κ1) is 14.6. The molecule has 0 fully saturated rings. The van der Waals surface area contributed by atoms with Gasteiger partial charge in [-0.15, -0.1) is 22.7 Å². The number of sulfonamides is 1. The van der Waals surface area contributed by atoms with E-state index in [1.165, 1.54) is 17.5 Å². The Bertz CT molecular complexity index is 734. The number of halogens is 2. The second-order valence-corrected chi connectivity index (χ2v) is 8.12. The van der Waals surface area contributed by atoms with Crippen LogP contribution in [0.3, 0.4) is 0 Å². The molecule has 0 unspecified atom stereocenters. The minimum atomic E-state index is -3.96. The topological polar surface area (TPSA) is 83.5 Å². The Morgan fingerprint density at radius 2 is 2.05 bits per heavy atom. The maximum atomic E-state index is 12.1. The lowest BCUT2D eigenvalue weighted by Gasteiger charge is -2.06. The van der Waals surface area contributed by atoms with Crippen LogP contribution in [0.25, 0.3) is 0 Å². The Morgan fingerprint density at radius 1 is 1.37 bits per heavy atom. The zero-order valence-electron chi connectivity index (χ0n) is 8.88. The van der Waals surface area contributed by atoms with E-state index in [-0.39, 0.29) is 24.1 Å². The Labute approximate surface area is 126 Å². The van der Waals surface area contributed by atoms with Crippen molar-refractivity contribution in [2.75, 3.05) is 4.72 Å². The fourth-order valence-corrected chi connectivity index (χ4v) is 5.24. The van der Waals surface area contributed by atoms with Crippen molar-refractivity contribution >= 4 is 67.6 Å². The van der Waals surface area contributed by atoms with Gasteiger partial charge in [0.2, 0.25) is 0 Å². The summed E-state index contributed by atoms with van der Waals surface area (Å²) in [6.45, 7) is 0. The number of hydrogen-bond acceptors (Lipinski definition) is 5. The number of carboxylic acids is 1. The SMILES string of the molecule is O=C(O)c1sccc1NS(=O)(=O)c1cc(Cl)sc1Cl. The zero-order valence-corrected chi connectivity index (χ0v) is 12.8. The molecule has 0 saturated heterocycles. The van der Waals surface area contributed by atoms with Crippen LogP contribution >= 0.6 is 45.9 Å². The third-order valence-electron chi connectivity index (χ3n) is 2.02. The molecule has 2 aromatic rings. The van der Waals surface area contributed by atoms with Crippen LogP contribution in [-0.2, 0) is 10.0 Å². The van der Waals surface area contributed by atoms with E-state index in [0.29, 0.717) is 0 Å². The fourth-order valence-electron chi connectivity index (χ4n) is 1.26. The number of carbonyl (C=O) groups is 1. The Hall–Kier alpha value is -0.800. The molecule has 0 aromatic carbocycles. The first-order chi connectivity index (χ1) is 8.81. The summed E-state index contributed by atoms with van der Waals surface area (Å²) >= 11 is 13.3. The van der Waals surface area contributed by atoms with Gasteiger partial charge in [-0.2, -0.15) is 0 Å². The normalized spacial score (nSPS) is 11.5. The molecule has 0 aliphatic carbocycles. The van der Waals surface area contributed by atoms with Gasteiger partial charge in [-0.3, -0.25) is 4.72 Å². The van der Waals surface area contributed by atoms with Gasteiger partial charge in [-0.1, -0.05) is 23.2 Å². The van der Waals surface area contributed by atoms with Crippen molar-refractivity contribution in [2.45, 2.75) is 4.90 Å². The molecule has 0 amide bonds. The largest absolute Gasteiger partial charge is 0.477 e. The third kappa shape index (κ3) is 3.03. The summed E-state index contributed by atoms with van der Waals surface area (Å²) in [5.41, 5.74) is -0.00381. The number of carboxylic acid groups (broad SMARTS) is 1. The van der Waals surface area contributed by atoms with Crippen LogP contribution in [0.2, 0.25) is 8.67 Å². The first-order valence-electron chi connectivity index (χ1n) is 4.59. The molecule has 5 nitrogen and oxygen atoms in total. The second kappa shape index (κ2) is 5.29. The molecule has 102 valence electrons. The molecule has 0 radical (unpaired) electrons. The van der Waals surface area contributed by atoms with Crippen molar-refractivity contribution in [3.05, 3.63) is 31.1 Å². The number of hydrogen-bond donors (Lipinski definition) is 2. The number of thiophene rings is 2. The third-order valence-corrected chi connectivity index (χ3v) is 6.04. The number of rotatable bonds is 4. The summed E-state index contributed by atoms with van der Waals surface area (Å²) in [5.74, 6) is -1.21. The van der Waals surface area contributed by atoms with Gasteiger partial charge < -0.3 is 5.11 Å². The Kier molecular flexibility index (Phi) is 4.07. The first-order valence-corrected chi connectivity index (χ1v) is 8.53. The molecular formula is C9H5Cl2NO4S3. The van der Waals surface area contributed by atoms with Crippen LogP contribution in [0.1, 0.15) is 9.67 Å². The molecular weight excluding hydrogens is 353 g/mol. The molecule has 2 rings (SSSR count). The Balaban J connectivity index is 2.39. The summed E-state index contributed by atoms with van der Waals surface area (Å²) in [5, 5.41) is 10.4. The van der Waals surface area contributed by atoms with Crippen molar-refractivity contribution in [1.82, 2.24) is 0 Å². The molecule has 10 heteroatoms. The lowest BCUT2D eigenvalue weighted by Crippen LogP contribution is -2.14. The molecule has 0 bridgehead atoms. The van der Waals surface area contributed by atoms with Gasteiger partial charge in [0.15, 0.2) is 0 Å². The summed E-state index contributed by atoms with van der Waals surface area (Å²) < 4.78 is 26.6. The molecule has 0 aliphatic heterocycles. The summed E-state index contributed by atoms with van der Waals surface area (Å²) in [6, 6.07) is 2.58. The average Bonchev–Trinajstić information content (AvgIpc) is 2.84. The molecule has 19 heavy (non-hydrogen) atoms. The van der Waals surface area contributed by atoms with Gasteiger partial charge in [0.25, 0.3) is 10.0 Å². The highest BCUT2D eigenvalue weighted by Gasteiger charge is 2.23. The van der Waals surface area contributed by atoms with E-state index in [9.17, 15) is 13.2 Å².